The third kappa shape index (κ3) is 3.63. The summed E-state index contributed by atoms with van der Waals surface area (Å²) in [6, 6.07) is 54.9. The molecule has 1 aliphatic carbocycles. The first-order valence-corrected chi connectivity index (χ1v) is 15.6. The van der Waals surface area contributed by atoms with E-state index in [9.17, 15) is 0 Å². The number of furan rings is 1. The Kier molecular flexibility index (Phi) is 5.09. The van der Waals surface area contributed by atoms with E-state index in [0.717, 1.165) is 45.1 Å². The Bertz CT molecular complexity index is 2600. The Morgan fingerprint density at radius 1 is 0.489 bits per heavy atom. The lowest BCUT2D eigenvalue weighted by atomic mass is 9.96. The fraction of sp³-hybridized carbons (Fsp3) is 0.0233. The molecule has 45 heavy (non-hydrogen) atoms. The zero-order valence-electron chi connectivity index (χ0n) is 24.5. The Labute approximate surface area is 260 Å². The molecular weight excluding hydrogens is 546 g/mol. The summed E-state index contributed by atoms with van der Waals surface area (Å²) < 4.78 is 8.94. The number of aromatic nitrogens is 1. The number of hydrogen-bond donors (Lipinski definition) is 0. The van der Waals surface area contributed by atoms with E-state index in [-0.39, 0.29) is 0 Å². The molecule has 0 aliphatic heterocycles. The summed E-state index contributed by atoms with van der Waals surface area (Å²) in [6.45, 7) is 0. The summed E-state index contributed by atoms with van der Waals surface area (Å²) in [5, 5.41) is 4.88. The average Bonchev–Trinajstić information content (AvgIpc) is 3.75. The second kappa shape index (κ2) is 9.32. The zero-order chi connectivity index (χ0) is 29.5. The number of fused-ring (bicyclic) bond motifs is 9. The van der Waals surface area contributed by atoms with Crippen LogP contribution in [0.4, 0.5) is 0 Å². The monoisotopic (exact) mass is 573 g/mol. The number of para-hydroxylation sites is 2. The molecule has 0 fully saturated rings. The highest BCUT2D eigenvalue weighted by Gasteiger charge is 2.22. The summed E-state index contributed by atoms with van der Waals surface area (Å²) in [4.78, 5) is 0. The first kappa shape index (κ1) is 24.6. The Balaban J connectivity index is 1.08. The molecule has 2 heteroatoms. The van der Waals surface area contributed by atoms with E-state index in [2.05, 4.69) is 156 Å². The van der Waals surface area contributed by atoms with Crippen molar-refractivity contribution in [1.29, 1.82) is 0 Å². The normalized spacial score (nSPS) is 12.4. The van der Waals surface area contributed by atoms with Gasteiger partial charge in [0.2, 0.25) is 0 Å². The first-order chi connectivity index (χ1) is 22.3. The molecule has 0 spiro atoms. The average molecular weight is 574 g/mol. The molecule has 210 valence electrons. The van der Waals surface area contributed by atoms with Gasteiger partial charge < -0.3 is 8.98 Å². The number of benzene rings is 7. The maximum atomic E-state index is 6.60. The molecule has 0 N–H and O–H groups in total. The van der Waals surface area contributed by atoms with Crippen LogP contribution in [0.2, 0.25) is 0 Å². The molecule has 2 aromatic heterocycles. The molecule has 0 unspecified atom stereocenters. The first-order valence-electron chi connectivity index (χ1n) is 15.6. The molecule has 9 aromatic rings. The van der Waals surface area contributed by atoms with Gasteiger partial charge in [0.1, 0.15) is 11.1 Å². The van der Waals surface area contributed by atoms with Gasteiger partial charge in [-0.3, -0.25) is 0 Å². The smallest absolute Gasteiger partial charge is 0.161 e. The lowest BCUT2D eigenvalue weighted by molar-refractivity contribution is 0.673. The van der Waals surface area contributed by atoms with Crippen LogP contribution in [0.25, 0.3) is 82.8 Å². The Morgan fingerprint density at radius 3 is 2.07 bits per heavy atom. The van der Waals surface area contributed by atoms with Crippen molar-refractivity contribution in [3.63, 3.8) is 0 Å². The number of rotatable bonds is 3. The molecule has 0 amide bonds. The van der Waals surface area contributed by atoms with Crippen LogP contribution in [0.5, 0.6) is 0 Å². The summed E-state index contributed by atoms with van der Waals surface area (Å²) in [6.07, 6.45) is 0.981. The lowest BCUT2D eigenvalue weighted by Gasteiger charge is -2.10. The summed E-state index contributed by atoms with van der Waals surface area (Å²) >= 11 is 0. The van der Waals surface area contributed by atoms with Gasteiger partial charge in [0.15, 0.2) is 5.58 Å². The fourth-order valence-corrected chi connectivity index (χ4v) is 7.51. The zero-order valence-corrected chi connectivity index (χ0v) is 24.5. The highest BCUT2D eigenvalue weighted by atomic mass is 16.3. The third-order valence-electron chi connectivity index (χ3n) is 9.59. The molecule has 7 aromatic carbocycles. The second-order valence-electron chi connectivity index (χ2n) is 12.1. The summed E-state index contributed by atoms with van der Waals surface area (Å²) in [5.74, 6) is 0. The Morgan fingerprint density at radius 2 is 1.20 bits per heavy atom. The minimum atomic E-state index is 0.905. The predicted octanol–water partition coefficient (Wildman–Crippen LogP) is 11.6. The van der Waals surface area contributed by atoms with Gasteiger partial charge in [-0.25, -0.2) is 0 Å². The van der Waals surface area contributed by atoms with E-state index < -0.39 is 0 Å². The van der Waals surface area contributed by atoms with Crippen LogP contribution in [0.1, 0.15) is 11.1 Å². The topological polar surface area (TPSA) is 18.1 Å². The molecule has 0 bridgehead atoms. The fourth-order valence-electron chi connectivity index (χ4n) is 7.51. The maximum Gasteiger partial charge on any atom is 0.161 e. The van der Waals surface area contributed by atoms with Crippen molar-refractivity contribution in [2.75, 3.05) is 0 Å². The maximum absolute atomic E-state index is 6.60. The molecule has 0 radical (unpaired) electrons. The number of nitrogens with zero attached hydrogens (tertiary/aromatic N) is 1. The lowest BCUT2D eigenvalue weighted by Crippen LogP contribution is -1.93. The molecule has 1 aliphatic rings. The van der Waals surface area contributed by atoms with Crippen LogP contribution >= 0.6 is 0 Å². The van der Waals surface area contributed by atoms with Crippen LogP contribution in [-0.4, -0.2) is 4.57 Å². The van der Waals surface area contributed by atoms with Crippen molar-refractivity contribution in [2.24, 2.45) is 0 Å². The van der Waals surface area contributed by atoms with Crippen molar-refractivity contribution in [3.8, 4) is 39.1 Å². The van der Waals surface area contributed by atoms with Crippen molar-refractivity contribution in [1.82, 2.24) is 4.57 Å². The van der Waals surface area contributed by atoms with Gasteiger partial charge in [0.25, 0.3) is 0 Å². The minimum absolute atomic E-state index is 0.905. The molecule has 10 rings (SSSR count). The quantitative estimate of drug-likeness (QED) is 0.206. The van der Waals surface area contributed by atoms with Crippen LogP contribution in [0.3, 0.4) is 0 Å². The van der Waals surface area contributed by atoms with Crippen molar-refractivity contribution < 1.29 is 4.42 Å². The summed E-state index contributed by atoms with van der Waals surface area (Å²) in [7, 11) is 0. The van der Waals surface area contributed by atoms with Crippen molar-refractivity contribution in [3.05, 3.63) is 163 Å². The van der Waals surface area contributed by atoms with Crippen LogP contribution in [0.15, 0.2) is 156 Å². The SMILES string of the molecule is c1ccc(-n2c3ccccc3c3oc4cccc(-c5ccc(-c6ccc7c(c6)Cc6cc8ccccc8cc6-7)cc5)c4c32)cc1. The van der Waals surface area contributed by atoms with Gasteiger partial charge >= 0.3 is 0 Å². The van der Waals surface area contributed by atoms with E-state index in [0.29, 0.717) is 0 Å². The van der Waals surface area contributed by atoms with Gasteiger partial charge in [-0.1, -0.05) is 115 Å². The summed E-state index contributed by atoms with van der Waals surface area (Å²) in [5.41, 5.74) is 15.6. The van der Waals surface area contributed by atoms with Crippen molar-refractivity contribution >= 4 is 43.7 Å². The van der Waals surface area contributed by atoms with Gasteiger partial charge in [-0.15, -0.1) is 0 Å². The van der Waals surface area contributed by atoms with Gasteiger partial charge in [0, 0.05) is 11.1 Å². The highest BCUT2D eigenvalue weighted by molar-refractivity contribution is 6.20. The number of hydrogen-bond acceptors (Lipinski definition) is 1. The standard InChI is InChI=1S/C43H27NO/c1-2-11-34(12-3-1)44-39-15-7-6-13-37(39)43-42(44)41-36(14-8-16-40(41)45-43)28-19-17-27(18-20-28)31-21-22-35-32(24-31)25-33-23-29-9-4-5-10-30(29)26-38(33)35/h1-24,26H,25H2. The van der Waals surface area contributed by atoms with Crippen LogP contribution in [-0.2, 0) is 6.42 Å². The van der Waals surface area contributed by atoms with Gasteiger partial charge in [-0.2, -0.15) is 0 Å². The third-order valence-corrected chi connectivity index (χ3v) is 9.59. The minimum Gasteiger partial charge on any atom is -0.454 e. The van der Waals surface area contributed by atoms with E-state index in [4.69, 9.17) is 4.42 Å². The Hall–Kier alpha value is -5.86. The van der Waals surface area contributed by atoms with E-state index in [1.807, 2.05) is 0 Å². The second-order valence-corrected chi connectivity index (χ2v) is 12.1. The predicted molar refractivity (Wildman–Crippen MR) is 187 cm³/mol. The van der Waals surface area contributed by atoms with E-state index >= 15 is 0 Å². The van der Waals surface area contributed by atoms with E-state index in [1.165, 1.54) is 55.3 Å². The van der Waals surface area contributed by atoms with E-state index in [1.54, 1.807) is 0 Å². The molecule has 2 nitrogen and oxygen atoms in total. The van der Waals surface area contributed by atoms with Crippen molar-refractivity contribution in [2.45, 2.75) is 6.42 Å². The largest absolute Gasteiger partial charge is 0.454 e. The van der Waals surface area contributed by atoms with Gasteiger partial charge in [0.05, 0.1) is 10.9 Å². The molecular formula is C43H27NO. The van der Waals surface area contributed by atoms with Gasteiger partial charge in [-0.05, 0) is 98.1 Å². The highest BCUT2D eigenvalue weighted by Crippen LogP contribution is 2.44. The molecule has 2 heterocycles. The molecule has 0 saturated carbocycles. The van der Waals surface area contributed by atoms with Crippen LogP contribution in [0, 0.1) is 0 Å². The molecule has 0 saturated heterocycles. The van der Waals surface area contributed by atoms with Crippen LogP contribution < -0.4 is 0 Å². The molecule has 0 atom stereocenters.